The van der Waals surface area contributed by atoms with Crippen LogP contribution in [0.3, 0.4) is 0 Å². The number of hydrogen-bond acceptors (Lipinski definition) is 11. The predicted octanol–water partition coefficient (Wildman–Crippen LogP) is 6.93. The molecule has 5 unspecified atom stereocenters. The number of carbonyl (C=O) groups excluding carboxylic acids is 6. The van der Waals surface area contributed by atoms with Crippen LogP contribution in [-0.4, -0.2) is 80.9 Å². The zero-order valence-corrected chi connectivity index (χ0v) is 34.6. The standard InChI is InChI=1S/C23H32O6.C23H30O5.2CH4/c1-13(24)29-12-19(27)23(28)9-7-17-16-5-4-14-10-15(25)6-8-21(14,2)20(16)18(26)11-22(17,23)3;1-14(24)28-13-20(26)23(27)11-8-19-17-5-4-15-12-16(25)6-9-21(15,2)18(17)7-10-22(19,23)3;;/h10,16-18,20,26,28H,4-9,11-12H2,1-3H3;7,12,17,19,27H,4-6,8-11,13H2,1-3H3;2*1H4/t16?,17?,18-,20?,21-,22-,23-;17?,19?,21-,22-,23-;;/m00../s1. The van der Waals surface area contributed by atoms with Crippen LogP contribution in [0, 0.1) is 51.2 Å². The fraction of sp³-hybridized carbons (Fsp3) is 0.750. The van der Waals surface area contributed by atoms with Gasteiger partial charge >= 0.3 is 11.9 Å². The van der Waals surface area contributed by atoms with Gasteiger partial charge in [-0.15, -0.1) is 0 Å². The average molecular weight is 823 g/mol. The summed E-state index contributed by atoms with van der Waals surface area (Å²) in [5.74, 6) is -0.544. The van der Waals surface area contributed by atoms with Gasteiger partial charge in [0.05, 0.1) is 6.10 Å². The molecule has 11 heteroatoms. The van der Waals surface area contributed by atoms with E-state index < -0.39 is 52.5 Å². The third kappa shape index (κ3) is 7.16. The Morgan fingerprint density at radius 2 is 1.22 bits per heavy atom. The maximum absolute atomic E-state index is 12.9. The summed E-state index contributed by atoms with van der Waals surface area (Å²) in [6.07, 6.45) is 14.8. The molecule has 3 N–H and O–H groups in total. The number of ether oxygens (including phenoxy) is 2. The molecule has 0 heterocycles. The first-order chi connectivity index (χ1) is 26.6. The number of esters is 2. The van der Waals surface area contributed by atoms with Crippen molar-refractivity contribution >= 4 is 35.1 Å². The average Bonchev–Trinajstić information content (AvgIpc) is 3.59. The highest BCUT2D eigenvalue weighted by Crippen LogP contribution is 2.68. The van der Waals surface area contributed by atoms with Crippen molar-refractivity contribution in [3.8, 4) is 0 Å². The molecule has 0 aromatic rings. The minimum atomic E-state index is -1.58. The minimum Gasteiger partial charge on any atom is -0.458 e. The van der Waals surface area contributed by atoms with Crippen molar-refractivity contribution in [3.05, 3.63) is 34.9 Å². The Kier molecular flexibility index (Phi) is 12.8. The number of aliphatic hydroxyl groups is 3. The zero-order chi connectivity index (χ0) is 41.5. The van der Waals surface area contributed by atoms with E-state index in [-0.39, 0.29) is 73.3 Å². The van der Waals surface area contributed by atoms with Crippen LogP contribution in [-0.2, 0) is 38.2 Å². The maximum Gasteiger partial charge on any atom is 0.303 e. The van der Waals surface area contributed by atoms with Gasteiger partial charge in [0.2, 0.25) is 11.6 Å². The second-order valence-electron chi connectivity index (χ2n) is 19.8. The summed E-state index contributed by atoms with van der Waals surface area (Å²) in [5, 5.41) is 34.2. The first-order valence-electron chi connectivity index (χ1n) is 21.3. The maximum atomic E-state index is 12.9. The number of Topliss-reactive ketones (excluding diaryl/α,β-unsaturated/α-hetero) is 2. The number of hydrogen-bond donors (Lipinski definition) is 3. The molecule has 8 rings (SSSR count). The summed E-state index contributed by atoms with van der Waals surface area (Å²) in [4.78, 5) is 71.8. The molecule has 0 spiro atoms. The monoisotopic (exact) mass is 822 g/mol. The first kappa shape index (κ1) is 46.8. The SMILES string of the molecule is C.C.CC(=O)OCC(=O)[C@@]1(O)CCC2C3CCC4=CC(=O)CC[C@]4(C)C3=CC[C@@]21C.CC(=O)OCC(=O)[C@@]1(O)CCC2C3CCC4=CC(=O)CC[C@]4(C)C3[C@@H](O)C[C@@]21C. The van der Waals surface area contributed by atoms with Crippen LogP contribution in [0.1, 0.15) is 146 Å². The Labute approximate surface area is 350 Å². The second kappa shape index (κ2) is 16.2. The highest BCUT2D eigenvalue weighted by atomic mass is 16.5. The molecule has 12 atom stereocenters. The molecule has 0 bridgehead atoms. The van der Waals surface area contributed by atoms with Crippen LogP contribution < -0.4 is 0 Å². The van der Waals surface area contributed by atoms with Crippen LogP contribution in [0.25, 0.3) is 0 Å². The Hall–Kier alpha value is -3.28. The van der Waals surface area contributed by atoms with Crippen molar-refractivity contribution in [2.24, 2.45) is 51.2 Å². The first-order valence-corrected chi connectivity index (χ1v) is 21.3. The summed E-state index contributed by atoms with van der Waals surface area (Å²) in [6.45, 7) is 10.1. The highest BCUT2D eigenvalue weighted by molar-refractivity contribution is 5.93. The van der Waals surface area contributed by atoms with Gasteiger partial charge in [-0.2, -0.15) is 0 Å². The summed E-state index contributed by atoms with van der Waals surface area (Å²) >= 11 is 0. The number of aliphatic hydroxyl groups excluding tert-OH is 1. The molecular weight excluding hydrogens is 753 g/mol. The van der Waals surface area contributed by atoms with E-state index in [1.807, 2.05) is 19.9 Å². The molecule has 8 aliphatic rings. The molecule has 59 heavy (non-hydrogen) atoms. The fourth-order valence-corrected chi connectivity index (χ4v) is 14.1. The van der Waals surface area contributed by atoms with Gasteiger partial charge < -0.3 is 24.8 Å². The van der Waals surface area contributed by atoms with E-state index in [4.69, 9.17) is 9.47 Å². The largest absolute Gasteiger partial charge is 0.458 e. The molecule has 0 amide bonds. The van der Waals surface area contributed by atoms with Crippen LogP contribution in [0.2, 0.25) is 0 Å². The Balaban J connectivity index is 0.000000217. The quantitative estimate of drug-likeness (QED) is 0.187. The van der Waals surface area contributed by atoms with E-state index in [2.05, 4.69) is 19.9 Å². The van der Waals surface area contributed by atoms with Crippen molar-refractivity contribution in [3.63, 3.8) is 0 Å². The third-order valence-electron chi connectivity index (χ3n) is 17.3. The van der Waals surface area contributed by atoms with Crippen molar-refractivity contribution in [2.75, 3.05) is 13.2 Å². The topological polar surface area (TPSA) is 182 Å². The molecule has 0 aromatic carbocycles. The summed E-state index contributed by atoms with van der Waals surface area (Å²) in [5.41, 5.74) is -0.732. The fourth-order valence-electron chi connectivity index (χ4n) is 14.1. The predicted molar refractivity (Wildman–Crippen MR) is 221 cm³/mol. The van der Waals surface area contributed by atoms with Crippen LogP contribution in [0.15, 0.2) is 34.9 Å². The molecule has 5 saturated carbocycles. The van der Waals surface area contributed by atoms with Gasteiger partial charge in [0.1, 0.15) is 11.2 Å². The van der Waals surface area contributed by atoms with E-state index in [0.717, 1.165) is 56.9 Å². The second-order valence-corrected chi connectivity index (χ2v) is 19.8. The number of carbonyl (C=O) groups is 6. The molecule has 11 nitrogen and oxygen atoms in total. The Morgan fingerprint density at radius 3 is 1.81 bits per heavy atom. The van der Waals surface area contributed by atoms with Crippen LogP contribution in [0.5, 0.6) is 0 Å². The molecule has 0 aromatic heterocycles. The number of fused-ring (bicyclic) bond motifs is 10. The van der Waals surface area contributed by atoms with E-state index in [0.29, 0.717) is 44.4 Å². The Bertz CT molecular complexity index is 1860. The molecular formula is C48H70O11. The van der Waals surface area contributed by atoms with Crippen LogP contribution >= 0.6 is 0 Å². The lowest BCUT2D eigenvalue weighted by atomic mass is 9.45. The van der Waals surface area contributed by atoms with Gasteiger partial charge in [-0.05, 0) is 124 Å². The van der Waals surface area contributed by atoms with E-state index in [1.54, 1.807) is 6.08 Å². The van der Waals surface area contributed by atoms with E-state index >= 15 is 0 Å². The minimum absolute atomic E-state index is 0. The molecule has 0 aliphatic heterocycles. The lowest BCUT2D eigenvalue weighted by Crippen LogP contribution is -2.62. The van der Waals surface area contributed by atoms with Gasteiger partial charge in [0, 0.05) is 42.9 Å². The van der Waals surface area contributed by atoms with Crippen molar-refractivity contribution in [1.29, 1.82) is 0 Å². The van der Waals surface area contributed by atoms with Gasteiger partial charge in [-0.1, -0.05) is 65.3 Å². The molecule has 8 aliphatic carbocycles. The van der Waals surface area contributed by atoms with E-state index in [9.17, 15) is 44.1 Å². The smallest absolute Gasteiger partial charge is 0.303 e. The molecule has 5 fully saturated rings. The third-order valence-corrected chi connectivity index (χ3v) is 17.3. The van der Waals surface area contributed by atoms with Crippen molar-refractivity contribution in [1.82, 2.24) is 0 Å². The lowest BCUT2D eigenvalue weighted by molar-refractivity contribution is -0.184. The van der Waals surface area contributed by atoms with Gasteiger partial charge in [-0.3, -0.25) is 28.8 Å². The van der Waals surface area contributed by atoms with Gasteiger partial charge in [0.15, 0.2) is 24.8 Å². The molecule has 0 radical (unpaired) electrons. The van der Waals surface area contributed by atoms with E-state index in [1.165, 1.54) is 25.0 Å². The van der Waals surface area contributed by atoms with Crippen molar-refractivity contribution < 1.29 is 53.6 Å². The normalized spacial score (nSPS) is 42.6. The number of allylic oxidation sites excluding steroid dienone is 5. The Morgan fingerprint density at radius 1 is 0.695 bits per heavy atom. The molecule has 328 valence electrons. The summed E-state index contributed by atoms with van der Waals surface area (Å²) in [7, 11) is 0. The highest BCUT2D eigenvalue weighted by Gasteiger charge is 2.69. The molecule has 0 saturated heterocycles. The zero-order valence-electron chi connectivity index (χ0n) is 34.6. The van der Waals surface area contributed by atoms with Crippen molar-refractivity contribution in [2.45, 2.75) is 164 Å². The van der Waals surface area contributed by atoms with Gasteiger partial charge in [-0.25, -0.2) is 0 Å². The van der Waals surface area contributed by atoms with Gasteiger partial charge in [0.25, 0.3) is 0 Å². The number of ketones is 4. The summed E-state index contributed by atoms with van der Waals surface area (Å²) in [6, 6.07) is 0. The summed E-state index contributed by atoms with van der Waals surface area (Å²) < 4.78 is 9.79. The number of rotatable bonds is 6. The lowest BCUT2D eigenvalue weighted by Gasteiger charge is -2.60. The van der Waals surface area contributed by atoms with Crippen LogP contribution in [0.4, 0.5) is 0 Å².